The summed E-state index contributed by atoms with van der Waals surface area (Å²) < 4.78 is 44.4. The molecule has 2 aromatic rings. The van der Waals surface area contributed by atoms with E-state index in [0.29, 0.717) is 0 Å². The van der Waals surface area contributed by atoms with Gasteiger partial charge in [0, 0.05) is 19.3 Å². The SMILES string of the molecule is COc1cc(C(=O)O)c(NS(=O)(=O)c2cc(C(N)=O)n(C)c2)c(OC)c1OC. The van der Waals surface area contributed by atoms with Crippen LogP contribution in [-0.2, 0) is 17.1 Å². The lowest BCUT2D eigenvalue weighted by Gasteiger charge is -2.18. The molecule has 11 nitrogen and oxygen atoms in total. The number of carboxylic acid groups (broad SMARTS) is 1. The van der Waals surface area contributed by atoms with Crippen molar-refractivity contribution in [2.75, 3.05) is 26.1 Å². The molecule has 0 aliphatic heterocycles. The van der Waals surface area contributed by atoms with Crippen LogP contribution in [0, 0.1) is 0 Å². The largest absolute Gasteiger partial charge is 0.493 e. The Kier molecular flexibility index (Phi) is 5.73. The molecular weight excluding hydrogens is 394 g/mol. The lowest BCUT2D eigenvalue weighted by molar-refractivity contribution is 0.0697. The molecule has 28 heavy (non-hydrogen) atoms. The van der Waals surface area contributed by atoms with E-state index in [-0.39, 0.29) is 33.5 Å². The summed E-state index contributed by atoms with van der Waals surface area (Å²) in [6.07, 6.45) is 1.16. The highest BCUT2D eigenvalue weighted by Crippen LogP contribution is 2.45. The number of methoxy groups -OCH3 is 3. The maximum Gasteiger partial charge on any atom is 0.338 e. The number of aromatic carboxylic acids is 1. The van der Waals surface area contributed by atoms with Crippen molar-refractivity contribution in [3.05, 3.63) is 29.6 Å². The number of benzene rings is 1. The van der Waals surface area contributed by atoms with Crippen molar-refractivity contribution in [1.29, 1.82) is 0 Å². The third-order valence-electron chi connectivity index (χ3n) is 3.84. The van der Waals surface area contributed by atoms with Crippen LogP contribution in [0.4, 0.5) is 5.69 Å². The standard InChI is InChI=1S/C16H19N3O8S/c1-19-7-8(5-10(19)15(17)20)28(23,24)18-12-9(16(21)22)6-11(25-2)13(26-3)14(12)27-4/h5-7,18H,1-4H3,(H2,17,20)(H,21,22). The number of carbonyl (C=O) groups excluding carboxylic acids is 1. The molecule has 152 valence electrons. The monoisotopic (exact) mass is 413 g/mol. The number of nitrogens with one attached hydrogen (secondary N) is 1. The smallest absolute Gasteiger partial charge is 0.338 e. The Morgan fingerprint density at radius 3 is 2.14 bits per heavy atom. The van der Waals surface area contributed by atoms with Gasteiger partial charge in [-0.2, -0.15) is 0 Å². The summed E-state index contributed by atoms with van der Waals surface area (Å²) in [4.78, 5) is 22.8. The van der Waals surface area contributed by atoms with Crippen molar-refractivity contribution in [3.8, 4) is 17.2 Å². The molecular formula is C16H19N3O8S. The van der Waals surface area contributed by atoms with E-state index in [0.717, 1.165) is 18.3 Å². The summed E-state index contributed by atoms with van der Waals surface area (Å²) in [5.41, 5.74) is 4.37. The van der Waals surface area contributed by atoms with Gasteiger partial charge in [-0.3, -0.25) is 9.52 Å². The molecule has 0 aliphatic carbocycles. The topological polar surface area (TPSA) is 159 Å². The van der Waals surface area contributed by atoms with Crippen LogP contribution in [0.5, 0.6) is 17.2 Å². The molecule has 1 amide bonds. The van der Waals surface area contributed by atoms with Crippen molar-refractivity contribution in [3.63, 3.8) is 0 Å². The lowest BCUT2D eigenvalue weighted by Crippen LogP contribution is -2.17. The molecule has 2 rings (SSSR count). The van der Waals surface area contributed by atoms with E-state index in [1.807, 2.05) is 0 Å². The summed E-state index contributed by atoms with van der Waals surface area (Å²) in [6, 6.07) is 2.17. The van der Waals surface area contributed by atoms with Crippen LogP contribution in [0.2, 0.25) is 0 Å². The second-order valence-corrected chi connectivity index (χ2v) is 7.20. The average molecular weight is 413 g/mol. The molecule has 0 saturated heterocycles. The molecule has 0 aliphatic rings. The zero-order valence-corrected chi connectivity index (χ0v) is 16.3. The van der Waals surface area contributed by atoms with Crippen LogP contribution in [0.3, 0.4) is 0 Å². The second kappa shape index (κ2) is 7.68. The average Bonchev–Trinajstić information content (AvgIpc) is 3.03. The Bertz CT molecular complexity index is 1040. The van der Waals surface area contributed by atoms with Crippen LogP contribution in [-0.4, -0.2) is 51.3 Å². The number of nitrogens with zero attached hydrogens (tertiary/aromatic N) is 1. The number of hydrogen-bond donors (Lipinski definition) is 3. The van der Waals surface area contributed by atoms with Gasteiger partial charge in [0.2, 0.25) is 5.75 Å². The molecule has 1 aromatic carbocycles. The van der Waals surface area contributed by atoms with Gasteiger partial charge in [0.05, 0.1) is 26.9 Å². The first-order chi connectivity index (χ1) is 13.1. The minimum atomic E-state index is -4.30. The van der Waals surface area contributed by atoms with Gasteiger partial charge in [0.1, 0.15) is 16.3 Å². The quantitative estimate of drug-likeness (QED) is 0.569. The molecule has 0 radical (unpaired) electrons. The van der Waals surface area contributed by atoms with Gasteiger partial charge >= 0.3 is 5.97 Å². The van der Waals surface area contributed by atoms with Gasteiger partial charge in [0.15, 0.2) is 11.5 Å². The molecule has 1 heterocycles. The predicted molar refractivity (Wildman–Crippen MR) is 97.8 cm³/mol. The van der Waals surface area contributed by atoms with E-state index in [9.17, 15) is 23.1 Å². The maximum atomic E-state index is 12.8. The second-order valence-electron chi connectivity index (χ2n) is 5.51. The van der Waals surface area contributed by atoms with Crippen LogP contribution in [0.15, 0.2) is 23.2 Å². The van der Waals surface area contributed by atoms with Crippen molar-refractivity contribution >= 4 is 27.6 Å². The van der Waals surface area contributed by atoms with Crippen LogP contribution in [0.25, 0.3) is 0 Å². The molecule has 1 aromatic heterocycles. The first-order valence-electron chi connectivity index (χ1n) is 7.62. The van der Waals surface area contributed by atoms with Gasteiger partial charge in [-0.15, -0.1) is 0 Å². The zero-order valence-electron chi connectivity index (χ0n) is 15.5. The fourth-order valence-electron chi connectivity index (χ4n) is 2.55. The van der Waals surface area contributed by atoms with Crippen LogP contribution in [0.1, 0.15) is 20.8 Å². The molecule has 0 unspecified atom stereocenters. The summed E-state index contributed by atoms with van der Waals surface area (Å²) >= 11 is 0. The highest BCUT2D eigenvalue weighted by Gasteiger charge is 2.29. The number of amides is 1. The Labute approximate surface area is 160 Å². The third-order valence-corrected chi connectivity index (χ3v) is 5.16. The van der Waals surface area contributed by atoms with Gasteiger partial charge in [-0.05, 0) is 6.07 Å². The van der Waals surface area contributed by atoms with Gasteiger partial charge in [-0.25, -0.2) is 13.2 Å². The van der Waals surface area contributed by atoms with E-state index in [1.54, 1.807) is 0 Å². The number of nitrogens with two attached hydrogens (primary N) is 1. The minimum Gasteiger partial charge on any atom is -0.493 e. The van der Waals surface area contributed by atoms with Crippen molar-refractivity contribution in [1.82, 2.24) is 4.57 Å². The van der Waals surface area contributed by atoms with Crippen LogP contribution >= 0.6 is 0 Å². The highest BCUT2D eigenvalue weighted by molar-refractivity contribution is 7.92. The van der Waals surface area contributed by atoms with Gasteiger partial charge < -0.3 is 29.6 Å². The maximum absolute atomic E-state index is 12.8. The highest BCUT2D eigenvalue weighted by atomic mass is 32.2. The fourth-order valence-corrected chi connectivity index (χ4v) is 3.70. The Balaban J connectivity index is 2.68. The first-order valence-corrected chi connectivity index (χ1v) is 9.10. The fraction of sp³-hybridized carbons (Fsp3) is 0.250. The van der Waals surface area contributed by atoms with Gasteiger partial charge in [0.25, 0.3) is 15.9 Å². The molecule has 12 heteroatoms. The number of hydrogen-bond acceptors (Lipinski definition) is 7. The number of aromatic nitrogens is 1. The third kappa shape index (κ3) is 3.67. The number of carbonyl (C=O) groups is 2. The molecule has 0 atom stereocenters. The number of ether oxygens (including phenoxy) is 3. The summed E-state index contributed by atoms with van der Waals surface area (Å²) in [5, 5.41) is 9.51. The number of anilines is 1. The van der Waals surface area contributed by atoms with Crippen molar-refractivity contribution in [2.24, 2.45) is 12.8 Å². The predicted octanol–water partition coefficient (Wildman–Crippen LogP) is 0.649. The summed E-state index contributed by atoms with van der Waals surface area (Å²) in [6.45, 7) is 0. The Hall–Kier alpha value is -3.41. The number of carboxylic acids is 1. The first kappa shape index (κ1) is 20.9. The zero-order chi connectivity index (χ0) is 21.2. The Morgan fingerprint density at radius 1 is 1.11 bits per heavy atom. The molecule has 0 fully saturated rings. The number of rotatable bonds is 8. The molecule has 0 saturated carbocycles. The van der Waals surface area contributed by atoms with Crippen molar-refractivity contribution < 1.29 is 37.3 Å². The Morgan fingerprint density at radius 2 is 1.71 bits per heavy atom. The molecule has 0 spiro atoms. The molecule has 4 N–H and O–H groups in total. The van der Waals surface area contributed by atoms with Crippen molar-refractivity contribution in [2.45, 2.75) is 4.90 Å². The summed E-state index contributed by atoms with van der Waals surface area (Å²) in [7, 11) is 0.941. The van der Waals surface area contributed by atoms with E-state index in [4.69, 9.17) is 19.9 Å². The number of primary amides is 1. The van der Waals surface area contributed by atoms with Crippen LogP contribution < -0.4 is 24.7 Å². The summed E-state index contributed by atoms with van der Waals surface area (Å²) in [5.74, 6) is -2.40. The van der Waals surface area contributed by atoms with E-state index >= 15 is 0 Å². The number of aryl methyl sites for hydroxylation is 1. The van der Waals surface area contributed by atoms with E-state index in [1.165, 1.54) is 32.9 Å². The molecule has 0 bridgehead atoms. The van der Waals surface area contributed by atoms with Gasteiger partial charge in [-0.1, -0.05) is 0 Å². The normalized spacial score (nSPS) is 11.0. The number of sulfonamides is 1. The van der Waals surface area contributed by atoms with E-state index < -0.39 is 27.5 Å². The lowest BCUT2D eigenvalue weighted by atomic mass is 10.1. The van der Waals surface area contributed by atoms with E-state index in [2.05, 4.69) is 4.72 Å². The minimum absolute atomic E-state index is 0.00131.